The fourth-order valence-corrected chi connectivity index (χ4v) is 3.20. The molecule has 0 bridgehead atoms. The predicted octanol–water partition coefficient (Wildman–Crippen LogP) is 1.84. The maximum Gasteiger partial charge on any atom is 0.251 e. The minimum atomic E-state index is -3.72. The maximum atomic E-state index is 12.4. The Morgan fingerprint density at radius 1 is 1.12 bits per heavy atom. The molecule has 0 aromatic heterocycles. The van der Waals surface area contributed by atoms with Gasteiger partial charge in [-0.3, -0.25) is 4.79 Å². The SMILES string of the molecule is CNC(=O)c1cc(S(=O)(=O)NCc2ccc(OC)cc2)ccc1C. The molecule has 2 N–H and O–H groups in total. The highest BCUT2D eigenvalue weighted by Crippen LogP contribution is 2.17. The van der Waals surface area contributed by atoms with E-state index >= 15 is 0 Å². The average Bonchev–Trinajstić information content (AvgIpc) is 2.60. The quantitative estimate of drug-likeness (QED) is 0.834. The molecule has 0 fully saturated rings. The summed E-state index contributed by atoms with van der Waals surface area (Å²) < 4.78 is 32.5. The highest BCUT2D eigenvalue weighted by atomic mass is 32.2. The van der Waals surface area contributed by atoms with E-state index in [2.05, 4.69) is 10.0 Å². The molecular weight excluding hydrogens is 328 g/mol. The molecule has 2 aromatic rings. The number of carbonyl (C=O) groups is 1. The molecule has 7 heteroatoms. The zero-order valence-electron chi connectivity index (χ0n) is 13.8. The molecule has 0 saturated carbocycles. The van der Waals surface area contributed by atoms with Crippen molar-refractivity contribution in [3.8, 4) is 5.75 Å². The van der Waals surface area contributed by atoms with Crippen molar-refractivity contribution in [2.45, 2.75) is 18.4 Å². The van der Waals surface area contributed by atoms with Crippen LogP contribution in [0.25, 0.3) is 0 Å². The molecule has 0 unspecified atom stereocenters. The number of rotatable bonds is 6. The van der Waals surface area contributed by atoms with E-state index in [1.54, 1.807) is 44.4 Å². The zero-order chi connectivity index (χ0) is 17.7. The van der Waals surface area contributed by atoms with E-state index in [4.69, 9.17) is 4.74 Å². The minimum Gasteiger partial charge on any atom is -0.497 e. The van der Waals surface area contributed by atoms with Crippen molar-refractivity contribution in [3.05, 3.63) is 59.2 Å². The third-order valence-corrected chi connectivity index (χ3v) is 5.02. The first-order valence-electron chi connectivity index (χ1n) is 7.32. The Kier molecular flexibility index (Phi) is 5.58. The fourth-order valence-electron chi connectivity index (χ4n) is 2.15. The summed E-state index contributed by atoms with van der Waals surface area (Å²) in [5, 5.41) is 2.50. The molecule has 0 aliphatic carbocycles. The number of hydrogen-bond donors (Lipinski definition) is 2. The second-order valence-electron chi connectivity index (χ2n) is 5.23. The van der Waals surface area contributed by atoms with Gasteiger partial charge in [0.25, 0.3) is 5.91 Å². The standard InChI is InChI=1S/C17H20N2O4S/c1-12-4-9-15(10-16(12)17(20)18-2)24(21,22)19-11-13-5-7-14(23-3)8-6-13/h4-10,19H,11H2,1-3H3,(H,18,20). The first-order valence-corrected chi connectivity index (χ1v) is 8.81. The lowest BCUT2D eigenvalue weighted by molar-refractivity contribution is 0.0962. The molecule has 128 valence electrons. The fraction of sp³-hybridized carbons (Fsp3) is 0.235. The van der Waals surface area contributed by atoms with Crippen LogP contribution in [0.2, 0.25) is 0 Å². The zero-order valence-corrected chi connectivity index (χ0v) is 14.6. The van der Waals surface area contributed by atoms with E-state index in [9.17, 15) is 13.2 Å². The van der Waals surface area contributed by atoms with Gasteiger partial charge in [0.1, 0.15) is 5.75 Å². The smallest absolute Gasteiger partial charge is 0.251 e. The predicted molar refractivity (Wildman–Crippen MR) is 91.6 cm³/mol. The van der Waals surface area contributed by atoms with Gasteiger partial charge in [0.15, 0.2) is 0 Å². The summed E-state index contributed by atoms with van der Waals surface area (Å²) in [5.74, 6) is 0.384. The third-order valence-electron chi connectivity index (χ3n) is 3.62. The maximum absolute atomic E-state index is 12.4. The summed E-state index contributed by atoms with van der Waals surface area (Å²) in [4.78, 5) is 11.9. The Morgan fingerprint density at radius 3 is 2.38 bits per heavy atom. The van der Waals surface area contributed by atoms with E-state index in [0.29, 0.717) is 16.9 Å². The van der Waals surface area contributed by atoms with Gasteiger partial charge in [-0.25, -0.2) is 13.1 Å². The number of benzene rings is 2. The summed E-state index contributed by atoms with van der Waals surface area (Å²) in [6.07, 6.45) is 0. The minimum absolute atomic E-state index is 0.0558. The number of sulfonamides is 1. The van der Waals surface area contributed by atoms with Crippen molar-refractivity contribution in [2.24, 2.45) is 0 Å². The van der Waals surface area contributed by atoms with Gasteiger partial charge in [-0.1, -0.05) is 18.2 Å². The number of ether oxygens (including phenoxy) is 1. The van der Waals surface area contributed by atoms with Crippen LogP contribution in [0.4, 0.5) is 0 Å². The first kappa shape index (κ1) is 18.0. The molecule has 0 saturated heterocycles. The molecule has 1 amide bonds. The highest BCUT2D eigenvalue weighted by molar-refractivity contribution is 7.89. The van der Waals surface area contributed by atoms with E-state index in [1.807, 2.05) is 0 Å². The van der Waals surface area contributed by atoms with Gasteiger partial charge >= 0.3 is 0 Å². The lowest BCUT2D eigenvalue weighted by Crippen LogP contribution is -2.24. The van der Waals surface area contributed by atoms with Crippen LogP contribution in [0.15, 0.2) is 47.4 Å². The Balaban J connectivity index is 2.19. The Labute approximate surface area is 141 Å². The largest absolute Gasteiger partial charge is 0.497 e. The summed E-state index contributed by atoms with van der Waals surface area (Å²) in [5.41, 5.74) is 1.85. The van der Waals surface area contributed by atoms with E-state index < -0.39 is 10.0 Å². The van der Waals surface area contributed by atoms with E-state index in [0.717, 1.165) is 5.56 Å². The van der Waals surface area contributed by atoms with Gasteiger partial charge in [0.2, 0.25) is 10.0 Å². The lowest BCUT2D eigenvalue weighted by Gasteiger charge is -2.10. The molecule has 24 heavy (non-hydrogen) atoms. The summed E-state index contributed by atoms with van der Waals surface area (Å²) in [7, 11) is -0.643. The van der Waals surface area contributed by atoms with Crippen molar-refractivity contribution in [1.29, 1.82) is 0 Å². The third kappa shape index (κ3) is 4.12. The summed E-state index contributed by atoms with van der Waals surface area (Å²) in [6, 6.07) is 11.6. The highest BCUT2D eigenvalue weighted by Gasteiger charge is 2.17. The van der Waals surface area contributed by atoms with Crippen LogP contribution in [0.3, 0.4) is 0 Å². The van der Waals surface area contributed by atoms with Crippen molar-refractivity contribution in [3.63, 3.8) is 0 Å². The number of methoxy groups -OCH3 is 1. The molecule has 2 rings (SSSR count). The Bertz CT molecular complexity index is 830. The van der Waals surface area contributed by atoms with Crippen LogP contribution >= 0.6 is 0 Å². The van der Waals surface area contributed by atoms with Gasteiger partial charge in [-0.15, -0.1) is 0 Å². The van der Waals surface area contributed by atoms with Crippen molar-refractivity contribution < 1.29 is 17.9 Å². The van der Waals surface area contributed by atoms with Crippen LogP contribution in [0.5, 0.6) is 5.75 Å². The Morgan fingerprint density at radius 2 is 1.79 bits per heavy atom. The number of amides is 1. The average molecular weight is 348 g/mol. The monoisotopic (exact) mass is 348 g/mol. The van der Waals surface area contributed by atoms with Crippen molar-refractivity contribution >= 4 is 15.9 Å². The van der Waals surface area contributed by atoms with Crippen LogP contribution in [-0.4, -0.2) is 28.5 Å². The van der Waals surface area contributed by atoms with E-state index in [1.165, 1.54) is 19.2 Å². The molecule has 0 radical (unpaired) electrons. The normalized spacial score (nSPS) is 11.1. The number of hydrogen-bond acceptors (Lipinski definition) is 4. The molecule has 2 aromatic carbocycles. The van der Waals surface area contributed by atoms with Crippen molar-refractivity contribution in [1.82, 2.24) is 10.0 Å². The lowest BCUT2D eigenvalue weighted by atomic mass is 10.1. The second kappa shape index (κ2) is 7.46. The molecular formula is C17H20N2O4S. The van der Waals surface area contributed by atoms with Gasteiger partial charge in [0.05, 0.1) is 12.0 Å². The number of aryl methyl sites for hydroxylation is 1. The molecule has 6 nitrogen and oxygen atoms in total. The van der Waals surface area contributed by atoms with Gasteiger partial charge < -0.3 is 10.1 Å². The van der Waals surface area contributed by atoms with Crippen molar-refractivity contribution in [2.75, 3.05) is 14.2 Å². The molecule has 0 heterocycles. The summed E-state index contributed by atoms with van der Waals surface area (Å²) in [6.45, 7) is 1.90. The van der Waals surface area contributed by atoms with Crippen LogP contribution < -0.4 is 14.8 Å². The topological polar surface area (TPSA) is 84.5 Å². The molecule has 0 atom stereocenters. The molecule has 0 aliphatic heterocycles. The van der Waals surface area contributed by atoms with Gasteiger partial charge in [-0.05, 0) is 42.3 Å². The number of nitrogens with one attached hydrogen (secondary N) is 2. The van der Waals surface area contributed by atoms with E-state index in [-0.39, 0.29) is 17.3 Å². The number of carbonyl (C=O) groups excluding carboxylic acids is 1. The van der Waals surface area contributed by atoms with Crippen LogP contribution in [0, 0.1) is 6.92 Å². The Hall–Kier alpha value is -2.38. The summed E-state index contributed by atoms with van der Waals surface area (Å²) >= 11 is 0. The van der Waals surface area contributed by atoms with Gasteiger partial charge in [0, 0.05) is 19.2 Å². The van der Waals surface area contributed by atoms with Crippen LogP contribution in [-0.2, 0) is 16.6 Å². The molecule has 0 spiro atoms. The first-order chi connectivity index (χ1) is 11.4. The van der Waals surface area contributed by atoms with Crippen LogP contribution in [0.1, 0.15) is 21.5 Å². The molecule has 0 aliphatic rings. The van der Waals surface area contributed by atoms with Gasteiger partial charge in [-0.2, -0.15) is 0 Å². The second-order valence-corrected chi connectivity index (χ2v) is 7.00.